The third-order valence-electron chi connectivity index (χ3n) is 9.74. The van der Waals surface area contributed by atoms with Crippen LogP contribution in [0.2, 0.25) is 18.1 Å². The molecule has 2 amide bonds. The molecule has 1 aliphatic rings. The van der Waals surface area contributed by atoms with E-state index in [0.717, 1.165) is 37.2 Å². The third-order valence-corrected chi connectivity index (χ3v) is 15.4. The second kappa shape index (κ2) is 18.6. The van der Waals surface area contributed by atoms with Crippen LogP contribution in [-0.2, 0) is 34.8 Å². The Balaban J connectivity index is 1.71. The highest BCUT2D eigenvalue weighted by atomic mass is 32.2. The molecule has 0 N–H and O–H groups in total. The van der Waals surface area contributed by atoms with Crippen LogP contribution in [0, 0.1) is 0 Å². The number of amides is 2. The van der Waals surface area contributed by atoms with Crippen LogP contribution in [0.3, 0.4) is 0 Å². The summed E-state index contributed by atoms with van der Waals surface area (Å²) in [6, 6.07) is 12.9. The highest BCUT2D eigenvalue weighted by Gasteiger charge is 2.39. The van der Waals surface area contributed by atoms with E-state index in [4.69, 9.17) is 23.4 Å². The number of benzene rings is 2. The first-order valence-electron chi connectivity index (χ1n) is 19.7. The maximum absolute atomic E-state index is 14.0. The molecule has 0 spiro atoms. The van der Waals surface area contributed by atoms with Gasteiger partial charge in [-0.3, -0.25) is 0 Å². The lowest BCUT2D eigenvalue weighted by atomic mass is 10.1. The van der Waals surface area contributed by atoms with Gasteiger partial charge in [-0.1, -0.05) is 32.9 Å². The van der Waals surface area contributed by atoms with Crippen LogP contribution in [0.4, 0.5) is 28.4 Å². The number of alkyl halides is 3. The fourth-order valence-corrected chi connectivity index (χ4v) is 10.3. The minimum absolute atomic E-state index is 0.0163. The van der Waals surface area contributed by atoms with Gasteiger partial charge in [0.1, 0.15) is 23.6 Å². The average molecular weight is 857 g/mol. The molecule has 1 saturated heterocycles. The van der Waals surface area contributed by atoms with Gasteiger partial charge in [0.15, 0.2) is 20.2 Å². The van der Waals surface area contributed by atoms with Crippen molar-refractivity contribution in [3.8, 4) is 5.75 Å². The largest absolute Gasteiger partial charge is 0.492 e. The Labute approximate surface area is 341 Å². The number of carbonyl (C=O) groups is 2. The van der Waals surface area contributed by atoms with E-state index >= 15 is 0 Å². The van der Waals surface area contributed by atoms with Crippen molar-refractivity contribution in [1.29, 1.82) is 0 Å². The number of rotatable bonds is 15. The molecule has 1 fully saturated rings. The maximum atomic E-state index is 14.0. The average Bonchev–Trinajstić information content (AvgIpc) is 3.51. The van der Waals surface area contributed by atoms with E-state index in [9.17, 15) is 31.2 Å². The van der Waals surface area contributed by atoms with E-state index in [1.165, 1.54) is 33.8 Å². The van der Waals surface area contributed by atoms with Crippen LogP contribution in [-0.4, -0.2) is 87.4 Å². The van der Waals surface area contributed by atoms with Gasteiger partial charge in [0.05, 0.1) is 36.7 Å². The number of nitrogens with zero attached hydrogens (tertiary/aromatic N) is 4. The molecule has 13 nitrogen and oxygen atoms in total. The summed E-state index contributed by atoms with van der Waals surface area (Å²) in [5.41, 5.74) is -2.09. The molecule has 18 heteroatoms. The fraction of sp³-hybridized carbons (Fsp3) is 0.625. The molecule has 2 heterocycles. The topological polar surface area (TPSA) is 139 Å². The predicted octanol–water partition coefficient (Wildman–Crippen LogP) is 9.83. The monoisotopic (exact) mass is 856 g/mol. The second-order valence-electron chi connectivity index (χ2n) is 16.5. The molecule has 2 aromatic carbocycles. The van der Waals surface area contributed by atoms with Gasteiger partial charge >= 0.3 is 18.4 Å². The van der Waals surface area contributed by atoms with Crippen molar-refractivity contribution in [2.24, 2.45) is 0 Å². The summed E-state index contributed by atoms with van der Waals surface area (Å²) in [6.45, 7) is 16.6. The van der Waals surface area contributed by atoms with E-state index in [0.29, 0.717) is 22.9 Å². The highest BCUT2D eigenvalue weighted by Crippen LogP contribution is 2.38. The Morgan fingerprint density at radius 2 is 1.59 bits per heavy atom. The molecule has 58 heavy (non-hydrogen) atoms. The Kier molecular flexibility index (Phi) is 15.0. The van der Waals surface area contributed by atoms with Crippen LogP contribution in [0.1, 0.15) is 105 Å². The van der Waals surface area contributed by atoms with Crippen molar-refractivity contribution in [1.82, 2.24) is 14.7 Å². The van der Waals surface area contributed by atoms with Gasteiger partial charge < -0.3 is 28.3 Å². The Morgan fingerprint density at radius 1 is 0.948 bits per heavy atom. The second-order valence-corrected chi connectivity index (χ2v) is 23.1. The Bertz CT molecular complexity index is 1980. The van der Waals surface area contributed by atoms with Gasteiger partial charge in [-0.2, -0.15) is 22.6 Å². The van der Waals surface area contributed by atoms with E-state index < -0.39 is 65.9 Å². The fourth-order valence-electron chi connectivity index (χ4n) is 6.71. The Morgan fingerprint density at radius 3 is 2.14 bits per heavy atom. The lowest BCUT2D eigenvalue weighted by Gasteiger charge is -2.37. The molecule has 0 saturated carbocycles. The number of hydrogen-bond acceptors (Lipinski definition) is 10. The molecular formula is C40H59F3N4O9SSi. The van der Waals surface area contributed by atoms with Crippen LogP contribution in [0.5, 0.6) is 5.75 Å². The first kappa shape index (κ1) is 46.8. The first-order valence-corrected chi connectivity index (χ1v) is 24.1. The summed E-state index contributed by atoms with van der Waals surface area (Å²) < 4.78 is 100. The van der Waals surface area contributed by atoms with Gasteiger partial charge in [0.25, 0.3) is 0 Å². The van der Waals surface area contributed by atoms with Gasteiger partial charge in [0.2, 0.25) is 10.0 Å². The van der Waals surface area contributed by atoms with Crippen LogP contribution in [0.25, 0.3) is 10.9 Å². The quantitative estimate of drug-likeness (QED) is 0.136. The molecule has 0 aliphatic carbocycles. The molecule has 0 radical (unpaired) electrons. The molecule has 0 bridgehead atoms. The van der Waals surface area contributed by atoms with Crippen molar-refractivity contribution >= 4 is 47.1 Å². The summed E-state index contributed by atoms with van der Waals surface area (Å²) >= 11 is 0. The molecule has 4 rings (SSSR count). The van der Waals surface area contributed by atoms with Gasteiger partial charge in [-0.15, -0.1) is 0 Å². The summed E-state index contributed by atoms with van der Waals surface area (Å²) in [5.74, 6) is 0.264. The first-order chi connectivity index (χ1) is 26.9. The number of sulfonamides is 1. The van der Waals surface area contributed by atoms with Crippen LogP contribution >= 0.6 is 0 Å². The van der Waals surface area contributed by atoms with Crippen LogP contribution < -0.4 is 9.04 Å². The third kappa shape index (κ3) is 12.3. The number of fused-ring (bicyclic) bond motifs is 1. The minimum atomic E-state index is -4.68. The number of halogens is 3. The summed E-state index contributed by atoms with van der Waals surface area (Å²) in [6.07, 6.45) is -4.83. The molecular weight excluding hydrogens is 798 g/mol. The zero-order valence-electron chi connectivity index (χ0n) is 35.3. The van der Waals surface area contributed by atoms with E-state index in [2.05, 4.69) is 25.9 Å². The molecule has 2 atom stereocenters. The van der Waals surface area contributed by atoms with Crippen molar-refractivity contribution in [2.75, 3.05) is 36.9 Å². The van der Waals surface area contributed by atoms with Crippen molar-refractivity contribution in [3.05, 3.63) is 53.7 Å². The lowest BCUT2D eigenvalue weighted by molar-refractivity contribution is -0.141. The SMILES string of the molecule is CC[Si](CC)(CC)OC(CN(CCOc1ccc2c(C(F)(F)F)nn([C@H]3CCCCO3)c2c1)C(=O)OC(C)(C)C)c1cccc(N(C(=O)OC(C)(C)C)S(C)(=O)=O)c1. The highest BCUT2D eigenvalue weighted by molar-refractivity contribution is 7.92. The zero-order chi connectivity index (χ0) is 43.3. The van der Waals surface area contributed by atoms with Crippen LogP contribution in [0.15, 0.2) is 42.5 Å². The normalized spacial score (nSPS) is 16.2. The van der Waals surface area contributed by atoms with E-state index in [1.54, 1.807) is 59.7 Å². The predicted molar refractivity (Wildman–Crippen MR) is 218 cm³/mol. The molecule has 1 aliphatic heterocycles. The molecule has 1 aromatic heterocycles. The number of hydrogen-bond donors (Lipinski definition) is 0. The van der Waals surface area contributed by atoms with Crippen molar-refractivity contribution in [2.45, 2.75) is 129 Å². The summed E-state index contributed by atoms with van der Waals surface area (Å²) in [4.78, 5) is 28.6. The van der Waals surface area contributed by atoms with E-state index in [1.807, 2.05) is 0 Å². The van der Waals surface area contributed by atoms with Crippen molar-refractivity contribution in [3.63, 3.8) is 0 Å². The molecule has 324 valence electrons. The lowest BCUT2D eigenvalue weighted by Crippen LogP contribution is -2.45. The maximum Gasteiger partial charge on any atom is 0.435 e. The molecule has 3 aromatic rings. The van der Waals surface area contributed by atoms with Gasteiger partial charge in [0, 0.05) is 18.1 Å². The number of aromatic nitrogens is 2. The van der Waals surface area contributed by atoms with E-state index in [-0.39, 0.29) is 42.0 Å². The molecule has 1 unspecified atom stereocenters. The Hall–Kier alpha value is -3.87. The standard InChI is InChI=1S/C40H59F3N4O9SSi/c1-11-58(12-2,13-3)56-33(28-17-16-18-29(25-28)47(57(10,50)51)37(49)55-39(7,8)9)27-45(36(48)54-38(4,5)6)22-24-52-30-20-21-31-32(26-30)46(34-19-14-15-23-53-34)44-35(31)40(41,42)43/h16-18,20-21,25-26,33-34H,11-15,19,22-24,27H2,1-10H3/t33?,34-/m1/s1. The summed E-state index contributed by atoms with van der Waals surface area (Å²) in [7, 11) is -6.57. The van der Waals surface area contributed by atoms with Crippen molar-refractivity contribution < 1.29 is 54.6 Å². The van der Waals surface area contributed by atoms with Gasteiger partial charge in [-0.25, -0.2) is 22.7 Å². The number of carbonyl (C=O) groups excluding carboxylic acids is 2. The van der Waals surface area contributed by atoms with Gasteiger partial charge in [-0.05, 0) is 109 Å². The smallest absolute Gasteiger partial charge is 0.435 e. The minimum Gasteiger partial charge on any atom is -0.492 e. The summed E-state index contributed by atoms with van der Waals surface area (Å²) in [5, 5.41) is 3.85. The number of ether oxygens (including phenoxy) is 4. The zero-order valence-corrected chi connectivity index (χ0v) is 37.1. The number of anilines is 1.